The molecular formula is C23H32N2O3S. The van der Waals surface area contributed by atoms with Crippen LogP contribution in [0.25, 0.3) is 0 Å². The van der Waals surface area contributed by atoms with E-state index in [1.807, 2.05) is 45.0 Å². The first-order chi connectivity index (χ1) is 13.8. The van der Waals surface area contributed by atoms with Crippen LogP contribution in [0.15, 0.2) is 41.3 Å². The summed E-state index contributed by atoms with van der Waals surface area (Å²) in [6, 6.07) is 11.6. The Morgan fingerprint density at radius 3 is 2.38 bits per heavy atom. The van der Waals surface area contributed by atoms with E-state index >= 15 is 0 Å². The third-order valence-electron chi connectivity index (χ3n) is 5.60. The molecule has 0 amide bonds. The van der Waals surface area contributed by atoms with Crippen molar-refractivity contribution in [3.63, 3.8) is 0 Å². The van der Waals surface area contributed by atoms with E-state index in [0.717, 1.165) is 36.5 Å². The van der Waals surface area contributed by atoms with Crippen LogP contribution in [0.2, 0.25) is 0 Å². The van der Waals surface area contributed by atoms with Gasteiger partial charge in [0.2, 0.25) is 10.0 Å². The van der Waals surface area contributed by atoms with Gasteiger partial charge in [-0.2, -0.15) is 0 Å². The topological polar surface area (TPSA) is 58.6 Å². The van der Waals surface area contributed by atoms with Gasteiger partial charge in [-0.1, -0.05) is 38.1 Å². The van der Waals surface area contributed by atoms with Crippen molar-refractivity contribution >= 4 is 10.0 Å². The van der Waals surface area contributed by atoms with E-state index in [1.54, 1.807) is 13.2 Å². The van der Waals surface area contributed by atoms with Gasteiger partial charge >= 0.3 is 0 Å². The van der Waals surface area contributed by atoms with Crippen LogP contribution < -0.4 is 9.46 Å². The molecule has 2 aromatic rings. The number of likely N-dealkylation sites (tertiary alicyclic amines) is 1. The first kappa shape index (κ1) is 21.8. The van der Waals surface area contributed by atoms with Crippen molar-refractivity contribution in [3.05, 3.63) is 58.7 Å². The molecule has 0 radical (unpaired) electrons. The van der Waals surface area contributed by atoms with Crippen LogP contribution >= 0.6 is 0 Å². The van der Waals surface area contributed by atoms with E-state index in [9.17, 15) is 8.42 Å². The molecule has 1 aliphatic rings. The summed E-state index contributed by atoms with van der Waals surface area (Å²) < 4.78 is 34.4. The average Bonchev–Trinajstić information content (AvgIpc) is 3.19. The summed E-state index contributed by atoms with van der Waals surface area (Å²) in [5, 5.41) is 0. The molecule has 0 spiro atoms. The highest BCUT2D eigenvalue weighted by atomic mass is 32.2. The molecule has 0 aromatic heterocycles. The molecule has 0 atom stereocenters. The highest BCUT2D eigenvalue weighted by Crippen LogP contribution is 2.31. The predicted molar refractivity (Wildman–Crippen MR) is 117 cm³/mol. The van der Waals surface area contributed by atoms with Gasteiger partial charge in [0.25, 0.3) is 0 Å². The number of aryl methyl sites for hydroxylation is 1. The molecule has 1 fully saturated rings. The van der Waals surface area contributed by atoms with E-state index in [1.165, 1.54) is 18.4 Å². The number of rotatable bonds is 8. The molecule has 6 heteroatoms. The van der Waals surface area contributed by atoms with Gasteiger partial charge in [-0.25, -0.2) is 13.1 Å². The molecule has 29 heavy (non-hydrogen) atoms. The normalized spacial score (nSPS) is 15.2. The van der Waals surface area contributed by atoms with Crippen LogP contribution in [-0.4, -0.2) is 33.5 Å². The van der Waals surface area contributed by atoms with Gasteiger partial charge in [0.1, 0.15) is 5.75 Å². The van der Waals surface area contributed by atoms with Gasteiger partial charge in [-0.3, -0.25) is 4.90 Å². The zero-order valence-electron chi connectivity index (χ0n) is 17.9. The summed E-state index contributed by atoms with van der Waals surface area (Å²) >= 11 is 0. The fourth-order valence-electron chi connectivity index (χ4n) is 3.91. The fraction of sp³-hybridized carbons (Fsp3) is 0.478. The van der Waals surface area contributed by atoms with Crippen molar-refractivity contribution in [1.29, 1.82) is 0 Å². The Balaban J connectivity index is 1.81. The van der Waals surface area contributed by atoms with Crippen molar-refractivity contribution in [3.8, 4) is 5.75 Å². The number of sulfonamides is 1. The molecule has 0 aliphatic carbocycles. The van der Waals surface area contributed by atoms with Crippen molar-refractivity contribution in [2.75, 3.05) is 20.2 Å². The lowest BCUT2D eigenvalue weighted by atomic mass is 10.0. The number of methoxy groups -OCH3 is 1. The molecule has 1 aliphatic heterocycles. The molecule has 3 rings (SSSR count). The van der Waals surface area contributed by atoms with Crippen LogP contribution in [-0.2, 0) is 23.1 Å². The quantitative estimate of drug-likeness (QED) is 0.701. The summed E-state index contributed by atoms with van der Waals surface area (Å²) in [7, 11) is -2.02. The minimum absolute atomic E-state index is 0.167. The molecule has 5 nitrogen and oxygen atoms in total. The maximum absolute atomic E-state index is 13.1. The summed E-state index contributed by atoms with van der Waals surface area (Å²) in [6.45, 7) is 9.26. The zero-order valence-corrected chi connectivity index (χ0v) is 18.7. The number of nitrogens with one attached hydrogen (secondary N) is 1. The summed E-state index contributed by atoms with van der Waals surface area (Å²) in [5.41, 5.74) is 3.79. The van der Waals surface area contributed by atoms with Crippen LogP contribution in [0, 0.1) is 6.92 Å². The minimum atomic E-state index is -3.63. The maximum Gasteiger partial charge on any atom is 0.241 e. The molecule has 1 heterocycles. The maximum atomic E-state index is 13.1. The van der Waals surface area contributed by atoms with Crippen LogP contribution in [0.1, 0.15) is 54.9 Å². The van der Waals surface area contributed by atoms with E-state index in [-0.39, 0.29) is 12.5 Å². The number of benzene rings is 2. The second kappa shape index (κ2) is 9.28. The Labute approximate surface area is 175 Å². The second-order valence-electron chi connectivity index (χ2n) is 8.09. The highest BCUT2D eigenvalue weighted by molar-refractivity contribution is 7.89. The molecule has 0 bridgehead atoms. The van der Waals surface area contributed by atoms with Crippen molar-refractivity contribution < 1.29 is 13.2 Å². The van der Waals surface area contributed by atoms with Crippen LogP contribution in [0.3, 0.4) is 0 Å². The standard InChI is InChI=1S/C23H32N2O3S/c1-17(2)21-14-23(18(3)13-22(21)28-4)29(26,27)24-15-19-9-5-6-10-20(19)16-25-11-7-8-12-25/h5-6,9-10,13-14,17,24H,7-8,11-12,15-16H2,1-4H3. The third kappa shape index (κ3) is 5.18. The van der Waals surface area contributed by atoms with Gasteiger partial charge in [0, 0.05) is 13.1 Å². The van der Waals surface area contributed by atoms with Gasteiger partial charge in [-0.05, 0) is 73.2 Å². The minimum Gasteiger partial charge on any atom is -0.496 e. The fourth-order valence-corrected chi connectivity index (χ4v) is 5.18. The van der Waals surface area contributed by atoms with Crippen LogP contribution in [0.5, 0.6) is 5.75 Å². The monoisotopic (exact) mass is 416 g/mol. The predicted octanol–water partition coefficient (Wildman–Crippen LogP) is 4.20. The number of nitrogens with zero attached hydrogens (tertiary/aromatic N) is 1. The zero-order chi connectivity index (χ0) is 21.0. The number of ether oxygens (including phenoxy) is 1. The lowest BCUT2D eigenvalue weighted by molar-refractivity contribution is 0.330. The summed E-state index contributed by atoms with van der Waals surface area (Å²) in [5.74, 6) is 0.896. The van der Waals surface area contributed by atoms with Gasteiger partial charge < -0.3 is 4.74 Å². The molecule has 0 saturated carbocycles. The second-order valence-corrected chi connectivity index (χ2v) is 9.83. The Morgan fingerprint density at radius 1 is 1.10 bits per heavy atom. The van der Waals surface area contributed by atoms with Crippen molar-refractivity contribution in [2.45, 2.75) is 57.5 Å². The van der Waals surface area contributed by atoms with Gasteiger partial charge in [0.05, 0.1) is 12.0 Å². The highest BCUT2D eigenvalue weighted by Gasteiger charge is 2.21. The number of hydrogen-bond donors (Lipinski definition) is 1. The first-order valence-corrected chi connectivity index (χ1v) is 11.8. The Morgan fingerprint density at radius 2 is 1.76 bits per heavy atom. The third-order valence-corrected chi connectivity index (χ3v) is 7.15. The molecule has 1 N–H and O–H groups in total. The van der Waals surface area contributed by atoms with Crippen LogP contribution in [0.4, 0.5) is 0 Å². The van der Waals surface area contributed by atoms with E-state index in [2.05, 4.69) is 15.7 Å². The lowest BCUT2D eigenvalue weighted by Gasteiger charge is -2.19. The smallest absolute Gasteiger partial charge is 0.241 e. The van der Waals surface area contributed by atoms with E-state index < -0.39 is 10.0 Å². The summed E-state index contributed by atoms with van der Waals surface area (Å²) in [6.07, 6.45) is 2.48. The molecule has 1 saturated heterocycles. The summed E-state index contributed by atoms with van der Waals surface area (Å²) in [4.78, 5) is 2.74. The van der Waals surface area contributed by atoms with Crippen molar-refractivity contribution in [2.24, 2.45) is 0 Å². The Bertz CT molecular complexity index is 949. The molecule has 2 aromatic carbocycles. The SMILES string of the molecule is COc1cc(C)c(S(=O)(=O)NCc2ccccc2CN2CCCC2)cc1C(C)C. The first-order valence-electron chi connectivity index (χ1n) is 10.3. The van der Waals surface area contributed by atoms with E-state index in [0.29, 0.717) is 10.5 Å². The lowest BCUT2D eigenvalue weighted by Crippen LogP contribution is -2.26. The Hall–Kier alpha value is -1.89. The number of hydrogen-bond acceptors (Lipinski definition) is 4. The van der Waals surface area contributed by atoms with Crippen molar-refractivity contribution in [1.82, 2.24) is 9.62 Å². The van der Waals surface area contributed by atoms with E-state index in [4.69, 9.17) is 4.74 Å². The largest absolute Gasteiger partial charge is 0.496 e. The van der Waals surface area contributed by atoms with Gasteiger partial charge in [-0.15, -0.1) is 0 Å². The molecular weight excluding hydrogens is 384 g/mol. The average molecular weight is 417 g/mol. The molecule has 0 unspecified atom stereocenters. The molecule has 158 valence electrons. The Kier molecular flexibility index (Phi) is 6.98. The van der Waals surface area contributed by atoms with Gasteiger partial charge in [0.15, 0.2) is 0 Å².